The zero-order valence-corrected chi connectivity index (χ0v) is 9.02. The maximum absolute atomic E-state index is 10.5. The lowest BCUT2D eigenvalue weighted by Crippen LogP contribution is -2.20. The molecule has 0 bridgehead atoms. The van der Waals surface area contributed by atoms with Crippen molar-refractivity contribution < 1.29 is 15.1 Å². The summed E-state index contributed by atoms with van der Waals surface area (Å²) in [6.07, 6.45) is -0.747. The highest BCUT2D eigenvalue weighted by molar-refractivity contribution is 6.18. The molecule has 0 heterocycles. The number of hydrogen-bond donors (Lipinski definition) is 3. The van der Waals surface area contributed by atoms with Gasteiger partial charge in [0.25, 0.3) is 5.69 Å². The normalized spacial score (nSPS) is 12.1. The summed E-state index contributed by atoms with van der Waals surface area (Å²) in [5.41, 5.74) is 0.138. The van der Waals surface area contributed by atoms with Crippen LogP contribution in [0.1, 0.15) is 0 Å². The number of nitrogens with zero attached hydrogens (tertiary/aromatic N) is 1. The highest BCUT2D eigenvalue weighted by Crippen LogP contribution is 2.24. The summed E-state index contributed by atoms with van der Waals surface area (Å²) in [4.78, 5) is 9.89. The van der Waals surface area contributed by atoms with E-state index < -0.39 is 11.0 Å². The van der Waals surface area contributed by atoms with Crippen LogP contribution < -0.4 is 5.32 Å². The number of halogens is 1. The van der Waals surface area contributed by atoms with Crippen LogP contribution in [0, 0.1) is 10.1 Å². The number of nitro groups is 1. The number of phenols is 1. The van der Waals surface area contributed by atoms with Crippen molar-refractivity contribution >= 4 is 23.0 Å². The second kappa shape index (κ2) is 5.53. The number of nitrogens with one attached hydrogen (secondary N) is 1. The van der Waals surface area contributed by atoms with Gasteiger partial charge in [-0.3, -0.25) is 10.1 Å². The van der Waals surface area contributed by atoms with Crippen LogP contribution in [-0.4, -0.2) is 33.7 Å². The molecular weight excluding hydrogens is 236 g/mol. The second-order valence-electron chi connectivity index (χ2n) is 3.18. The highest BCUT2D eigenvalue weighted by atomic mass is 35.5. The Bertz CT molecular complexity index is 386. The lowest BCUT2D eigenvalue weighted by molar-refractivity contribution is -0.384. The van der Waals surface area contributed by atoms with Crippen LogP contribution in [0.15, 0.2) is 18.2 Å². The Morgan fingerprint density at radius 2 is 2.19 bits per heavy atom. The van der Waals surface area contributed by atoms with Gasteiger partial charge in [0.05, 0.1) is 23.0 Å². The van der Waals surface area contributed by atoms with E-state index in [1.807, 2.05) is 0 Å². The molecule has 88 valence electrons. The van der Waals surface area contributed by atoms with Crippen molar-refractivity contribution in [2.75, 3.05) is 17.7 Å². The van der Waals surface area contributed by atoms with Crippen LogP contribution in [0.3, 0.4) is 0 Å². The summed E-state index contributed by atoms with van der Waals surface area (Å²) in [7, 11) is 0. The van der Waals surface area contributed by atoms with E-state index in [-0.39, 0.29) is 23.9 Å². The number of benzene rings is 1. The second-order valence-corrected chi connectivity index (χ2v) is 3.49. The first-order valence-corrected chi connectivity index (χ1v) is 5.02. The van der Waals surface area contributed by atoms with Crippen molar-refractivity contribution in [1.82, 2.24) is 0 Å². The minimum atomic E-state index is -0.747. The Kier molecular flexibility index (Phi) is 4.33. The van der Waals surface area contributed by atoms with Gasteiger partial charge < -0.3 is 15.5 Å². The third-order valence-corrected chi connectivity index (χ3v) is 2.19. The first-order valence-electron chi connectivity index (χ1n) is 4.49. The number of non-ortho nitro benzene ring substituents is 1. The highest BCUT2D eigenvalue weighted by Gasteiger charge is 2.10. The van der Waals surface area contributed by atoms with Crippen LogP contribution in [0.2, 0.25) is 0 Å². The smallest absolute Gasteiger partial charge is 0.275 e. The van der Waals surface area contributed by atoms with Gasteiger partial charge in [-0.1, -0.05) is 0 Å². The third-order valence-electron chi connectivity index (χ3n) is 1.83. The topological polar surface area (TPSA) is 95.6 Å². The molecule has 7 heteroatoms. The fourth-order valence-corrected chi connectivity index (χ4v) is 1.20. The maximum atomic E-state index is 10.5. The number of alkyl halides is 1. The number of hydrogen-bond acceptors (Lipinski definition) is 5. The fourth-order valence-electron chi connectivity index (χ4n) is 1.09. The van der Waals surface area contributed by atoms with Gasteiger partial charge in [0.2, 0.25) is 0 Å². The Hall–Kier alpha value is -1.53. The predicted octanol–water partition coefficient (Wildman–Crippen LogP) is 1.31. The molecule has 1 unspecified atom stereocenters. The first-order chi connectivity index (χ1) is 7.52. The van der Waals surface area contributed by atoms with E-state index in [4.69, 9.17) is 11.6 Å². The van der Waals surface area contributed by atoms with Crippen molar-refractivity contribution in [3.05, 3.63) is 28.3 Å². The SMILES string of the molecule is O=[N+]([O-])c1cc(O)cc(NCC(O)CCl)c1. The molecule has 0 radical (unpaired) electrons. The Morgan fingerprint density at radius 1 is 1.50 bits per heavy atom. The zero-order valence-electron chi connectivity index (χ0n) is 8.26. The fraction of sp³-hybridized carbons (Fsp3) is 0.333. The Morgan fingerprint density at radius 3 is 2.75 bits per heavy atom. The molecule has 0 aliphatic carbocycles. The zero-order chi connectivity index (χ0) is 12.1. The number of phenolic OH excluding ortho intramolecular Hbond substituents is 1. The van der Waals surface area contributed by atoms with Gasteiger partial charge >= 0.3 is 0 Å². The van der Waals surface area contributed by atoms with Gasteiger partial charge in [-0.15, -0.1) is 11.6 Å². The first kappa shape index (κ1) is 12.5. The molecule has 3 N–H and O–H groups in total. The Labute approximate surface area is 96.6 Å². The van der Waals surface area contributed by atoms with Crippen molar-refractivity contribution in [2.45, 2.75) is 6.10 Å². The number of aliphatic hydroxyl groups is 1. The number of nitro benzene ring substituents is 1. The van der Waals surface area contributed by atoms with Crippen LogP contribution in [0.5, 0.6) is 5.75 Å². The van der Waals surface area contributed by atoms with E-state index in [1.165, 1.54) is 12.1 Å². The molecule has 1 aromatic rings. The van der Waals surface area contributed by atoms with Gasteiger partial charge in [-0.05, 0) is 0 Å². The summed E-state index contributed by atoms with van der Waals surface area (Å²) < 4.78 is 0. The predicted molar refractivity (Wildman–Crippen MR) is 60.0 cm³/mol. The van der Waals surface area contributed by atoms with E-state index in [2.05, 4.69) is 5.32 Å². The summed E-state index contributed by atoms with van der Waals surface area (Å²) in [5, 5.41) is 31.6. The van der Waals surface area contributed by atoms with Crippen LogP contribution in [0.4, 0.5) is 11.4 Å². The summed E-state index contributed by atoms with van der Waals surface area (Å²) in [6.45, 7) is 0.157. The lowest BCUT2D eigenvalue weighted by atomic mass is 10.2. The van der Waals surface area contributed by atoms with Crippen molar-refractivity contribution in [2.24, 2.45) is 0 Å². The van der Waals surface area contributed by atoms with Crippen molar-refractivity contribution in [3.63, 3.8) is 0 Å². The number of aromatic hydroxyl groups is 1. The molecule has 1 rings (SSSR count). The molecular formula is C9H11ClN2O4. The van der Waals surface area contributed by atoms with E-state index in [9.17, 15) is 20.3 Å². The largest absolute Gasteiger partial charge is 0.508 e. The van der Waals surface area contributed by atoms with Crippen LogP contribution in [0.25, 0.3) is 0 Å². The molecule has 1 atom stereocenters. The summed E-state index contributed by atoms with van der Waals surface area (Å²) in [5.74, 6) is -0.148. The minimum Gasteiger partial charge on any atom is -0.508 e. The molecule has 1 aromatic carbocycles. The molecule has 0 saturated heterocycles. The van der Waals surface area contributed by atoms with Crippen LogP contribution >= 0.6 is 11.6 Å². The Balaban J connectivity index is 2.76. The molecule has 6 nitrogen and oxygen atoms in total. The summed E-state index contributed by atoms with van der Waals surface area (Å²) in [6, 6.07) is 3.64. The quantitative estimate of drug-likeness (QED) is 0.414. The van der Waals surface area contributed by atoms with Crippen LogP contribution in [-0.2, 0) is 0 Å². The molecule has 0 fully saturated rings. The van der Waals surface area contributed by atoms with Gasteiger partial charge in [-0.25, -0.2) is 0 Å². The van der Waals surface area contributed by atoms with Crippen molar-refractivity contribution in [1.29, 1.82) is 0 Å². The molecule has 0 amide bonds. The van der Waals surface area contributed by atoms with E-state index in [0.29, 0.717) is 5.69 Å². The minimum absolute atomic E-state index is 0.0634. The number of aliphatic hydroxyl groups excluding tert-OH is 1. The molecule has 0 spiro atoms. The summed E-state index contributed by atoms with van der Waals surface area (Å²) >= 11 is 5.38. The van der Waals surface area contributed by atoms with Gasteiger partial charge in [0.15, 0.2) is 0 Å². The maximum Gasteiger partial charge on any atom is 0.275 e. The molecule has 16 heavy (non-hydrogen) atoms. The standard InChI is InChI=1S/C9H11ClN2O4/c10-4-9(14)5-11-6-1-7(12(15)16)3-8(13)2-6/h1-3,9,11,13-14H,4-5H2. The van der Waals surface area contributed by atoms with Gasteiger partial charge in [0, 0.05) is 24.4 Å². The molecule has 0 aliphatic rings. The average molecular weight is 247 g/mol. The van der Waals surface area contributed by atoms with E-state index >= 15 is 0 Å². The molecule has 0 aliphatic heterocycles. The average Bonchev–Trinajstić information content (AvgIpc) is 2.25. The molecule has 0 saturated carbocycles. The van der Waals surface area contributed by atoms with Gasteiger partial charge in [0.1, 0.15) is 5.75 Å². The van der Waals surface area contributed by atoms with E-state index in [1.54, 1.807) is 0 Å². The van der Waals surface area contributed by atoms with Gasteiger partial charge in [-0.2, -0.15) is 0 Å². The molecule has 0 aromatic heterocycles. The van der Waals surface area contributed by atoms with Crippen molar-refractivity contribution in [3.8, 4) is 5.75 Å². The lowest BCUT2D eigenvalue weighted by Gasteiger charge is -2.09. The number of anilines is 1. The van der Waals surface area contributed by atoms with E-state index in [0.717, 1.165) is 6.07 Å². The third kappa shape index (κ3) is 3.56. The monoisotopic (exact) mass is 246 g/mol. The number of rotatable bonds is 5.